The van der Waals surface area contributed by atoms with Crippen LogP contribution in [0.2, 0.25) is 0 Å². The van der Waals surface area contributed by atoms with Crippen LogP contribution in [0.5, 0.6) is 0 Å². The minimum atomic E-state index is 0.324. The number of ether oxygens (including phenoxy) is 1. The quantitative estimate of drug-likeness (QED) is 0.688. The third-order valence-corrected chi connectivity index (χ3v) is 4.49. The van der Waals surface area contributed by atoms with Crippen molar-refractivity contribution in [1.82, 2.24) is 0 Å². The number of methoxy groups -OCH3 is 1. The van der Waals surface area contributed by atoms with Crippen molar-refractivity contribution in [2.24, 2.45) is 17.8 Å². The molecule has 0 aromatic carbocycles. The molecule has 0 aliphatic heterocycles. The van der Waals surface area contributed by atoms with Crippen molar-refractivity contribution in [3.8, 4) is 0 Å². The molecule has 0 bridgehead atoms. The normalized spacial score (nSPS) is 29.6. The standard InChI is InChI=1S/C13H24O2S/c1-10(14)4-5-11-6-7-12(9-16-3)13(11)8-15-2/h11-13H,4-9H2,1-3H3. The minimum Gasteiger partial charge on any atom is -0.384 e. The summed E-state index contributed by atoms with van der Waals surface area (Å²) < 4.78 is 5.35. The Labute approximate surface area is 104 Å². The third kappa shape index (κ3) is 4.10. The highest BCUT2D eigenvalue weighted by Gasteiger charge is 2.35. The second-order valence-corrected chi connectivity index (χ2v) is 5.82. The van der Waals surface area contributed by atoms with Gasteiger partial charge < -0.3 is 9.53 Å². The second kappa shape index (κ2) is 7.33. The fourth-order valence-electron chi connectivity index (χ4n) is 2.87. The van der Waals surface area contributed by atoms with Crippen molar-refractivity contribution in [3.63, 3.8) is 0 Å². The maximum atomic E-state index is 11.0. The van der Waals surface area contributed by atoms with Crippen LogP contribution in [0, 0.1) is 17.8 Å². The Morgan fingerprint density at radius 3 is 2.62 bits per heavy atom. The van der Waals surface area contributed by atoms with Gasteiger partial charge in [-0.1, -0.05) is 0 Å². The average Bonchev–Trinajstić information content (AvgIpc) is 2.60. The summed E-state index contributed by atoms with van der Waals surface area (Å²) in [6.07, 6.45) is 6.59. The van der Waals surface area contributed by atoms with E-state index in [2.05, 4.69) is 6.26 Å². The summed E-state index contributed by atoms with van der Waals surface area (Å²) in [5.41, 5.74) is 0. The number of carbonyl (C=O) groups excluding carboxylic acids is 1. The third-order valence-electron chi connectivity index (χ3n) is 3.73. The van der Waals surface area contributed by atoms with E-state index in [-0.39, 0.29) is 0 Å². The molecule has 94 valence electrons. The molecule has 2 nitrogen and oxygen atoms in total. The zero-order chi connectivity index (χ0) is 12.0. The molecule has 3 heteroatoms. The van der Waals surface area contributed by atoms with Gasteiger partial charge in [-0.15, -0.1) is 0 Å². The molecular weight excluding hydrogens is 220 g/mol. The Hall–Kier alpha value is -0.0200. The lowest BCUT2D eigenvalue weighted by Crippen LogP contribution is -2.22. The fourth-order valence-corrected chi connectivity index (χ4v) is 3.72. The molecule has 16 heavy (non-hydrogen) atoms. The average molecular weight is 244 g/mol. The van der Waals surface area contributed by atoms with Crippen LogP contribution in [-0.2, 0) is 9.53 Å². The van der Waals surface area contributed by atoms with E-state index in [4.69, 9.17) is 4.74 Å². The number of thioether (sulfide) groups is 1. The van der Waals surface area contributed by atoms with Crippen molar-refractivity contribution >= 4 is 17.5 Å². The topological polar surface area (TPSA) is 26.3 Å². The SMILES string of the molecule is COCC1C(CCC(C)=O)CCC1CSC. The number of carbonyl (C=O) groups is 1. The summed E-state index contributed by atoms with van der Waals surface area (Å²) in [5, 5.41) is 0. The monoisotopic (exact) mass is 244 g/mol. The van der Waals surface area contributed by atoms with Gasteiger partial charge in [0, 0.05) is 20.1 Å². The molecule has 3 atom stereocenters. The molecule has 0 saturated heterocycles. The van der Waals surface area contributed by atoms with Gasteiger partial charge in [0.15, 0.2) is 0 Å². The van der Waals surface area contributed by atoms with Crippen LogP contribution in [0.25, 0.3) is 0 Å². The number of rotatable bonds is 7. The molecular formula is C13H24O2S. The van der Waals surface area contributed by atoms with Gasteiger partial charge in [-0.2, -0.15) is 11.8 Å². The molecule has 0 amide bonds. The summed E-state index contributed by atoms with van der Waals surface area (Å²) in [6, 6.07) is 0. The lowest BCUT2D eigenvalue weighted by Gasteiger charge is -2.23. The number of hydrogen-bond acceptors (Lipinski definition) is 3. The van der Waals surface area contributed by atoms with Gasteiger partial charge in [0.2, 0.25) is 0 Å². The van der Waals surface area contributed by atoms with Crippen LogP contribution in [0.1, 0.15) is 32.6 Å². The first-order valence-electron chi connectivity index (χ1n) is 6.16. The summed E-state index contributed by atoms with van der Waals surface area (Å²) in [4.78, 5) is 11.0. The Morgan fingerprint density at radius 2 is 2.06 bits per heavy atom. The van der Waals surface area contributed by atoms with Crippen LogP contribution in [0.3, 0.4) is 0 Å². The lowest BCUT2D eigenvalue weighted by molar-refractivity contribution is -0.117. The van der Waals surface area contributed by atoms with Crippen LogP contribution >= 0.6 is 11.8 Å². The summed E-state index contributed by atoms with van der Waals surface area (Å²) in [6.45, 7) is 2.56. The van der Waals surface area contributed by atoms with Gasteiger partial charge in [-0.05, 0) is 55.9 Å². The van der Waals surface area contributed by atoms with E-state index in [1.165, 1.54) is 18.6 Å². The van der Waals surface area contributed by atoms with Crippen LogP contribution < -0.4 is 0 Å². The van der Waals surface area contributed by atoms with Crippen molar-refractivity contribution in [3.05, 3.63) is 0 Å². The van der Waals surface area contributed by atoms with E-state index < -0.39 is 0 Å². The zero-order valence-electron chi connectivity index (χ0n) is 10.7. The van der Waals surface area contributed by atoms with Gasteiger partial charge in [0.25, 0.3) is 0 Å². The van der Waals surface area contributed by atoms with Gasteiger partial charge in [0.1, 0.15) is 5.78 Å². The van der Waals surface area contributed by atoms with E-state index in [1.54, 1.807) is 14.0 Å². The van der Waals surface area contributed by atoms with Crippen molar-refractivity contribution in [1.29, 1.82) is 0 Å². The van der Waals surface area contributed by atoms with Gasteiger partial charge in [0.05, 0.1) is 0 Å². The maximum Gasteiger partial charge on any atom is 0.129 e. The zero-order valence-corrected chi connectivity index (χ0v) is 11.5. The van der Waals surface area contributed by atoms with Gasteiger partial charge in [-0.25, -0.2) is 0 Å². The fraction of sp³-hybridized carbons (Fsp3) is 0.923. The van der Waals surface area contributed by atoms with Crippen molar-refractivity contribution < 1.29 is 9.53 Å². The summed E-state index contributed by atoms with van der Waals surface area (Å²) in [5.74, 6) is 3.75. The van der Waals surface area contributed by atoms with Crippen molar-refractivity contribution in [2.45, 2.75) is 32.6 Å². The van der Waals surface area contributed by atoms with E-state index in [9.17, 15) is 4.79 Å². The van der Waals surface area contributed by atoms with Gasteiger partial charge in [-0.3, -0.25) is 0 Å². The number of Topliss-reactive ketones (excluding diaryl/α,β-unsaturated/α-hetero) is 1. The first-order valence-corrected chi connectivity index (χ1v) is 7.55. The summed E-state index contributed by atoms with van der Waals surface area (Å²) >= 11 is 1.93. The van der Waals surface area contributed by atoms with Crippen LogP contribution in [0.15, 0.2) is 0 Å². The highest BCUT2D eigenvalue weighted by atomic mass is 32.2. The van der Waals surface area contributed by atoms with E-state index in [0.717, 1.165) is 25.4 Å². The maximum absolute atomic E-state index is 11.0. The molecule has 0 radical (unpaired) electrons. The van der Waals surface area contributed by atoms with Crippen LogP contribution in [0.4, 0.5) is 0 Å². The molecule has 0 aromatic rings. The molecule has 0 heterocycles. The van der Waals surface area contributed by atoms with Gasteiger partial charge >= 0.3 is 0 Å². The van der Waals surface area contributed by atoms with E-state index >= 15 is 0 Å². The first kappa shape index (κ1) is 14.0. The highest BCUT2D eigenvalue weighted by Crippen LogP contribution is 2.41. The van der Waals surface area contributed by atoms with Crippen molar-refractivity contribution in [2.75, 3.05) is 25.7 Å². The predicted molar refractivity (Wildman–Crippen MR) is 69.9 cm³/mol. The predicted octanol–water partition coefficient (Wildman–Crippen LogP) is 3.01. The molecule has 1 rings (SSSR count). The smallest absolute Gasteiger partial charge is 0.129 e. The molecule has 1 saturated carbocycles. The Morgan fingerprint density at radius 1 is 1.38 bits per heavy atom. The highest BCUT2D eigenvalue weighted by molar-refractivity contribution is 7.98. The molecule has 0 N–H and O–H groups in total. The molecule has 1 aliphatic rings. The van der Waals surface area contributed by atoms with E-state index in [0.29, 0.717) is 17.6 Å². The molecule has 3 unspecified atom stereocenters. The molecule has 1 aliphatic carbocycles. The second-order valence-electron chi connectivity index (χ2n) is 4.91. The largest absolute Gasteiger partial charge is 0.384 e. The molecule has 0 aromatic heterocycles. The number of hydrogen-bond donors (Lipinski definition) is 0. The van der Waals surface area contributed by atoms with E-state index in [1.807, 2.05) is 11.8 Å². The number of ketones is 1. The summed E-state index contributed by atoms with van der Waals surface area (Å²) in [7, 11) is 1.79. The minimum absolute atomic E-state index is 0.324. The first-order chi connectivity index (χ1) is 7.69. The Kier molecular flexibility index (Phi) is 6.44. The van der Waals surface area contributed by atoms with Crippen LogP contribution in [-0.4, -0.2) is 31.5 Å². The lowest BCUT2D eigenvalue weighted by atomic mass is 9.87. The molecule has 0 spiro atoms. The Balaban J connectivity index is 2.46. The Bertz CT molecular complexity index is 218. The molecule has 1 fully saturated rings.